The molecule has 2 heterocycles. The van der Waals surface area contributed by atoms with Crippen molar-refractivity contribution in [3.63, 3.8) is 0 Å². The van der Waals surface area contributed by atoms with Crippen molar-refractivity contribution < 1.29 is 0 Å². The van der Waals surface area contributed by atoms with Gasteiger partial charge in [-0.2, -0.15) is 0 Å². The third kappa shape index (κ3) is 3.03. The fraction of sp³-hybridized carbons (Fsp3) is 0.500. The van der Waals surface area contributed by atoms with Gasteiger partial charge >= 0.3 is 0 Å². The van der Waals surface area contributed by atoms with E-state index in [2.05, 4.69) is 41.1 Å². The van der Waals surface area contributed by atoms with Crippen LogP contribution in [0, 0.1) is 5.92 Å². The van der Waals surface area contributed by atoms with Crippen LogP contribution in [-0.4, -0.2) is 18.1 Å². The Morgan fingerprint density at radius 1 is 1.24 bits per heavy atom. The van der Waals surface area contributed by atoms with E-state index in [-0.39, 0.29) is 0 Å². The van der Waals surface area contributed by atoms with E-state index in [1.165, 1.54) is 36.8 Å². The van der Waals surface area contributed by atoms with Gasteiger partial charge in [0.25, 0.3) is 0 Å². The highest BCUT2D eigenvalue weighted by molar-refractivity contribution is 5.92. The Kier molecular flexibility index (Phi) is 4.39. The minimum Gasteiger partial charge on any atom is -0.371 e. The molecule has 0 saturated carbocycles. The van der Waals surface area contributed by atoms with Crippen molar-refractivity contribution >= 4 is 16.6 Å². The predicted molar refractivity (Wildman–Crippen MR) is 89.5 cm³/mol. The maximum Gasteiger partial charge on any atom is 0.0726 e. The van der Waals surface area contributed by atoms with Gasteiger partial charge < -0.3 is 10.6 Å². The van der Waals surface area contributed by atoms with E-state index in [1.54, 1.807) is 0 Å². The zero-order valence-electron chi connectivity index (χ0n) is 12.9. The van der Waals surface area contributed by atoms with Gasteiger partial charge in [-0.3, -0.25) is 4.98 Å². The summed E-state index contributed by atoms with van der Waals surface area (Å²) in [7, 11) is 0. The molecule has 0 aliphatic carbocycles. The lowest BCUT2D eigenvalue weighted by molar-refractivity contribution is 0.379. The van der Waals surface area contributed by atoms with Gasteiger partial charge in [-0.15, -0.1) is 0 Å². The number of anilines is 1. The van der Waals surface area contributed by atoms with Gasteiger partial charge in [-0.1, -0.05) is 38.0 Å². The minimum atomic E-state index is 0.504. The monoisotopic (exact) mass is 283 g/mol. The molecule has 0 bridgehead atoms. The maximum atomic E-state index is 5.82. The maximum absolute atomic E-state index is 5.82. The second kappa shape index (κ2) is 6.44. The van der Waals surface area contributed by atoms with Gasteiger partial charge in [0.15, 0.2) is 0 Å². The number of hydrogen-bond donors (Lipinski definition) is 1. The molecule has 0 amide bonds. The number of para-hydroxylation sites is 1. The van der Waals surface area contributed by atoms with Crippen molar-refractivity contribution in [3.8, 4) is 0 Å². The molecule has 1 aliphatic rings. The van der Waals surface area contributed by atoms with Crippen LogP contribution in [0.25, 0.3) is 10.9 Å². The van der Waals surface area contributed by atoms with Crippen molar-refractivity contribution in [3.05, 3.63) is 36.0 Å². The molecular formula is C18H25N3. The first-order chi connectivity index (χ1) is 10.3. The summed E-state index contributed by atoms with van der Waals surface area (Å²) in [5.74, 6) is 0.910. The molecule has 0 atom stereocenters. The van der Waals surface area contributed by atoms with Crippen LogP contribution in [0.15, 0.2) is 30.3 Å². The van der Waals surface area contributed by atoms with E-state index >= 15 is 0 Å². The average Bonchev–Trinajstić information content (AvgIpc) is 2.55. The molecule has 21 heavy (non-hydrogen) atoms. The smallest absolute Gasteiger partial charge is 0.0726 e. The van der Waals surface area contributed by atoms with Gasteiger partial charge in [0, 0.05) is 30.7 Å². The fourth-order valence-corrected chi connectivity index (χ4v) is 3.45. The fourth-order valence-electron chi connectivity index (χ4n) is 3.45. The molecule has 2 aromatic rings. The number of nitrogens with two attached hydrogens (primary N) is 1. The summed E-state index contributed by atoms with van der Waals surface area (Å²) in [6.45, 7) is 5.10. The first-order valence-electron chi connectivity index (χ1n) is 8.15. The zero-order chi connectivity index (χ0) is 14.7. The molecular weight excluding hydrogens is 258 g/mol. The molecule has 1 aliphatic heterocycles. The number of benzene rings is 1. The lowest BCUT2D eigenvalue weighted by atomic mass is 9.92. The molecule has 3 nitrogen and oxygen atoms in total. The number of piperidine rings is 1. The van der Waals surface area contributed by atoms with Crippen LogP contribution in [0.5, 0.6) is 0 Å². The molecule has 1 saturated heterocycles. The Hall–Kier alpha value is -1.61. The lowest BCUT2D eigenvalue weighted by Gasteiger charge is -2.34. The molecule has 1 aromatic heterocycles. The number of pyridine rings is 1. The van der Waals surface area contributed by atoms with Gasteiger partial charge in [-0.05, 0) is 30.9 Å². The van der Waals surface area contributed by atoms with Crippen molar-refractivity contribution in [1.82, 2.24) is 4.98 Å². The van der Waals surface area contributed by atoms with Gasteiger partial charge in [-0.25, -0.2) is 0 Å². The summed E-state index contributed by atoms with van der Waals surface area (Å²) in [4.78, 5) is 7.17. The molecule has 0 spiro atoms. The first-order valence-corrected chi connectivity index (χ1v) is 8.15. The van der Waals surface area contributed by atoms with Crippen LogP contribution in [-0.2, 0) is 6.54 Å². The Morgan fingerprint density at radius 2 is 2.00 bits per heavy atom. The van der Waals surface area contributed by atoms with E-state index in [4.69, 9.17) is 5.73 Å². The van der Waals surface area contributed by atoms with Crippen molar-refractivity contribution in [2.75, 3.05) is 18.0 Å². The first kappa shape index (κ1) is 14.3. The lowest BCUT2D eigenvalue weighted by Crippen LogP contribution is -2.33. The van der Waals surface area contributed by atoms with Crippen molar-refractivity contribution in [2.24, 2.45) is 11.7 Å². The van der Waals surface area contributed by atoms with Crippen LogP contribution >= 0.6 is 0 Å². The molecule has 1 aromatic carbocycles. The van der Waals surface area contributed by atoms with Gasteiger partial charge in [0.05, 0.1) is 11.2 Å². The molecule has 3 heteroatoms. The molecule has 0 unspecified atom stereocenters. The quantitative estimate of drug-likeness (QED) is 0.930. The standard InChI is InChI=1S/C18H25N3/c1-2-5-14-8-10-21(11-9-14)18-12-15(13-19)20-17-7-4-3-6-16(17)18/h3-4,6-7,12,14H,2,5,8-11,13,19H2,1H3. The number of rotatable bonds is 4. The van der Waals surface area contributed by atoms with Crippen LogP contribution in [0.2, 0.25) is 0 Å². The molecule has 112 valence electrons. The third-order valence-electron chi connectivity index (χ3n) is 4.61. The van der Waals surface area contributed by atoms with E-state index in [0.29, 0.717) is 6.54 Å². The van der Waals surface area contributed by atoms with Crippen LogP contribution < -0.4 is 10.6 Å². The third-order valence-corrected chi connectivity index (χ3v) is 4.61. The highest BCUT2D eigenvalue weighted by Crippen LogP contribution is 2.31. The summed E-state index contributed by atoms with van der Waals surface area (Å²) in [5.41, 5.74) is 9.18. The van der Waals surface area contributed by atoms with Gasteiger partial charge in [0.2, 0.25) is 0 Å². The van der Waals surface area contributed by atoms with Crippen molar-refractivity contribution in [2.45, 2.75) is 39.2 Å². The second-order valence-corrected chi connectivity index (χ2v) is 6.07. The molecule has 3 rings (SSSR count). The predicted octanol–water partition coefficient (Wildman–Crippen LogP) is 3.71. The van der Waals surface area contributed by atoms with E-state index in [1.807, 2.05) is 6.07 Å². The Bertz CT molecular complexity index is 600. The van der Waals surface area contributed by atoms with E-state index in [0.717, 1.165) is 30.2 Å². The number of nitrogens with zero attached hydrogens (tertiary/aromatic N) is 2. The van der Waals surface area contributed by atoms with Crippen LogP contribution in [0.3, 0.4) is 0 Å². The summed E-state index contributed by atoms with van der Waals surface area (Å²) in [6, 6.07) is 10.6. The number of fused-ring (bicyclic) bond motifs is 1. The highest BCUT2D eigenvalue weighted by atomic mass is 15.1. The summed E-state index contributed by atoms with van der Waals surface area (Å²) in [5, 5.41) is 1.25. The molecule has 2 N–H and O–H groups in total. The number of hydrogen-bond acceptors (Lipinski definition) is 3. The molecule has 0 radical (unpaired) electrons. The Balaban J connectivity index is 1.89. The SMILES string of the molecule is CCCC1CCN(c2cc(CN)nc3ccccc23)CC1. The summed E-state index contributed by atoms with van der Waals surface area (Å²) in [6.07, 6.45) is 5.30. The Morgan fingerprint density at radius 3 is 2.71 bits per heavy atom. The van der Waals surface area contributed by atoms with Crippen LogP contribution in [0.4, 0.5) is 5.69 Å². The second-order valence-electron chi connectivity index (χ2n) is 6.07. The average molecular weight is 283 g/mol. The topological polar surface area (TPSA) is 42.1 Å². The van der Waals surface area contributed by atoms with Gasteiger partial charge in [0.1, 0.15) is 0 Å². The Labute approximate surface area is 127 Å². The normalized spacial score (nSPS) is 16.6. The van der Waals surface area contributed by atoms with E-state index < -0.39 is 0 Å². The van der Waals surface area contributed by atoms with E-state index in [9.17, 15) is 0 Å². The molecule has 1 fully saturated rings. The van der Waals surface area contributed by atoms with Crippen molar-refractivity contribution in [1.29, 1.82) is 0 Å². The van der Waals surface area contributed by atoms with Crippen LogP contribution in [0.1, 0.15) is 38.3 Å². The zero-order valence-corrected chi connectivity index (χ0v) is 12.9. The summed E-state index contributed by atoms with van der Waals surface area (Å²) < 4.78 is 0. The minimum absolute atomic E-state index is 0.504. The largest absolute Gasteiger partial charge is 0.371 e. The highest BCUT2D eigenvalue weighted by Gasteiger charge is 2.20. The number of aromatic nitrogens is 1. The summed E-state index contributed by atoms with van der Waals surface area (Å²) >= 11 is 0.